The third-order valence-electron chi connectivity index (χ3n) is 7.39. The molecular weight excluding hydrogens is 414 g/mol. The normalized spacial score (nSPS) is 19.4. The number of rotatable bonds is 7. The van der Waals surface area contributed by atoms with Crippen LogP contribution in [0.4, 0.5) is 5.95 Å². The first-order valence-corrected chi connectivity index (χ1v) is 12.9. The van der Waals surface area contributed by atoms with Crippen LogP contribution in [0, 0.1) is 5.92 Å². The summed E-state index contributed by atoms with van der Waals surface area (Å²) in [4.78, 5) is 28.6. The van der Waals surface area contributed by atoms with Crippen molar-refractivity contribution >= 4 is 17.0 Å². The molecule has 33 heavy (non-hydrogen) atoms. The summed E-state index contributed by atoms with van der Waals surface area (Å²) in [6, 6.07) is 0. The van der Waals surface area contributed by atoms with E-state index in [1.165, 1.54) is 32.1 Å². The largest absolute Gasteiger partial charge is 0.342 e. The van der Waals surface area contributed by atoms with Gasteiger partial charge >= 0.3 is 0 Å². The Labute approximate surface area is 198 Å². The van der Waals surface area contributed by atoms with Crippen LogP contribution in [0.3, 0.4) is 0 Å². The fraction of sp³-hybridized carbons (Fsp3) is 0.800. The molecule has 184 valence electrons. The highest BCUT2D eigenvalue weighted by Crippen LogP contribution is 2.29. The molecule has 2 aromatic rings. The van der Waals surface area contributed by atoms with E-state index in [0.717, 1.165) is 69.4 Å². The minimum Gasteiger partial charge on any atom is -0.342 e. The average molecular weight is 458 g/mol. The highest BCUT2D eigenvalue weighted by molar-refractivity contribution is 5.78. The van der Waals surface area contributed by atoms with E-state index in [1.807, 2.05) is 7.05 Å². The van der Waals surface area contributed by atoms with Crippen LogP contribution in [-0.4, -0.2) is 82.4 Å². The number of hydrogen-bond acceptors (Lipinski definition) is 6. The SMILES string of the molecule is CN1CCN(CCCN(CC2CCCCC2)c2nc3c(C(C)(C)C)nn(C)c3c(=O)[nH]2)CC1. The van der Waals surface area contributed by atoms with Gasteiger partial charge in [0.1, 0.15) is 5.52 Å². The van der Waals surface area contributed by atoms with E-state index >= 15 is 0 Å². The molecule has 1 saturated heterocycles. The number of aryl methyl sites for hydroxylation is 1. The molecule has 8 nitrogen and oxygen atoms in total. The topological polar surface area (TPSA) is 73.3 Å². The molecular formula is C25H43N7O. The number of nitrogens with one attached hydrogen (secondary N) is 1. The number of fused-ring (bicyclic) bond motifs is 1. The lowest BCUT2D eigenvalue weighted by molar-refractivity contribution is 0.153. The lowest BCUT2D eigenvalue weighted by atomic mass is 9.89. The zero-order valence-electron chi connectivity index (χ0n) is 21.4. The van der Waals surface area contributed by atoms with Gasteiger partial charge in [-0.25, -0.2) is 4.98 Å². The van der Waals surface area contributed by atoms with E-state index in [9.17, 15) is 4.79 Å². The third-order valence-corrected chi connectivity index (χ3v) is 7.39. The summed E-state index contributed by atoms with van der Waals surface area (Å²) >= 11 is 0. The van der Waals surface area contributed by atoms with Crippen LogP contribution in [-0.2, 0) is 12.5 Å². The maximum absolute atomic E-state index is 13.1. The van der Waals surface area contributed by atoms with Gasteiger partial charge in [0.05, 0.1) is 5.69 Å². The Morgan fingerprint density at radius 2 is 1.76 bits per heavy atom. The highest BCUT2D eigenvalue weighted by atomic mass is 16.1. The summed E-state index contributed by atoms with van der Waals surface area (Å²) in [6.07, 6.45) is 7.63. The number of hydrogen-bond donors (Lipinski definition) is 1. The number of aromatic nitrogens is 4. The van der Waals surface area contributed by atoms with Gasteiger partial charge < -0.3 is 14.7 Å². The Morgan fingerprint density at radius 3 is 2.42 bits per heavy atom. The van der Waals surface area contributed by atoms with Crippen LogP contribution in [0.2, 0.25) is 0 Å². The first kappa shape index (κ1) is 24.2. The lowest BCUT2D eigenvalue weighted by Crippen LogP contribution is -2.45. The predicted octanol–water partition coefficient (Wildman–Crippen LogP) is 2.98. The van der Waals surface area contributed by atoms with Gasteiger partial charge in [-0.2, -0.15) is 5.10 Å². The van der Waals surface area contributed by atoms with Gasteiger partial charge in [-0.15, -0.1) is 0 Å². The third kappa shape index (κ3) is 5.77. The lowest BCUT2D eigenvalue weighted by Gasteiger charge is -2.34. The molecule has 1 aliphatic carbocycles. The molecule has 0 spiro atoms. The maximum Gasteiger partial charge on any atom is 0.278 e. The number of anilines is 1. The number of nitrogens with zero attached hydrogens (tertiary/aromatic N) is 6. The number of likely N-dealkylation sites (N-methyl/N-ethyl adjacent to an activating group) is 1. The molecule has 1 aliphatic heterocycles. The zero-order valence-corrected chi connectivity index (χ0v) is 21.4. The van der Waals surface area contributed by atoms with Gasteiger partial charge in [0.15, 0.2) is 5.52 Å². The van der Waals surface area contributed by atoms with E-state index in [0.29, 0.717) is 11.4 Å². The van der Waals surface area contributed by atoms with E-state index in [2.05, 4.69) is 52.6 Å². The first-order chi connectivity index (χ1) is 15.7. The molecule has 4 rings (SSSR count). The van der Waals surface area contributed by atoms with Crippen LogP contribution in [0.15, 0.2) is 4.79 Å². The van der Waals surface area contributed by atoms with Crippen LogP contribution in [0.5, 0.6) is 0 Å². The molecule has 1 N–H and O–H groups in total. The Bertz CT molecular complexity index is 975. The Hall–Kier alpha value is -1.93. The van der Waals surface area contributed by atoms with Crippen LogP contribution in [0.25, 0.3) is 11.0 Å². The van der Waals surface area contributed by atoms with Gasteiger partial charge in [0, 0.05) is 51.7 Å². The standard InChI is InChI=1S/C25H43N7O/c1-25(2,3)22-20-21(30(5)28-22)23(33)27-24(26-20)32(18-19-10-7-6-8-11-19)13-9-12-31-16-14-29(4)15-17-31/h19H,6-18H2,1-5H3,(H,26,27,33). The second-order valence-electron chi connectivity index (χ2n) is 11.3. The summed E-state index contributed by atoms with van der Waals surface area (Å²) < 4.78 is 1.68. The molecule has 0 unspecified atom stereocenters. The smallest absolute Gasteiger partial charge is 0.278 e. The molecule has 2 aromatic heterocycles. The Balaban J connectivity index is 1.57. The van der Waals surface area contributed by atoms with Crippen molar-refractivity contribution in [3.8, 4) is 0 Å². The summed E-state index contributed by atoms with van der Waals surface area (Å²) in [5.41, 5.74) is 1.94. The average Bonchev–Trinajstić information content (AvgIpc) is 3.12. The van der Waals surface area contributed by atoms with E-state index in [4.69, 9.17) is 4.98 Å². The van der Waals surface area contributed by atoms with Crippen molar-refractivity contribution in [3.63, 3.8) is 0 Å². The van der Waals surface area contributed by atoms with Crippen molar-refractivity contribution in [2.24, 2.45) is 13.0 Å². The van der Waals surface area contributed by atoms with Gasteiger partial charge in [0.25, 0.3) is 5.56 Å². The van der Waals surface area contributed by atoms with Crippen LogP contribution < -0.4 is 10.5 Å². The predicted molar refractivity (Wildman–Crippen MR) is 135 cm³/mol. The summed E-state index contributed by atoms with van der Waals surface area (Å²) in [5, 5.41) is 4.67. The molecule has 1 saturated carbocycles. The molecule has 0 amide bonds. The molecule has 8 heteroatoms. The van der Waals surface area contributed by atoms with Crippen molar-refractivity contribution < 1.29 is 0 Å². The van der Waals surface area contributed by atoms with Crippen molar-refractivity contribution in [1.82, 2.24) is 29.5 Å². The summed E-state index contributed by atoms with van der Waals surface area (Å²) in [5.74, 6) is 1.40. The zero-order chi connectivity index (χ0) is 23.6. The fourth-order valence-electron chi connectivity index (χ4n) is 5.34. The van der Waals surface area contributed by atoms with Crippen molar-refractivity contribution in [2.75, 3.05) is 57.8 Å². The summed E-state index contributed by atoms with van der Waals surface area (Å²) in [6.45, 7) is 14.0. The maximum atomic E-state index is 13.1. The van der Waals surface area contributed by atoms with Gasteiger partial charge in [0.2, 0.25) is 5.95 Å². The second kappa shape index (κ2) is 10.1. The summed E-state index contributed by atoms with van der Waals surface area (Å²) in [7, 11) is 4.04. The molecule has 2 fully saturated rings. The number of aromatic amines is 1. The fourth-order valence-corrected chi connectivity index (χ4v) is 5.34. The Morgan fingerprint density at radius 1 is 1.06 bits per heavy atom. The molecule has 0 radical (unpaired) electrons. The Kier molecular flexibility index (Phi) is 7.43. The van der Waals surface area contributed by atoms with Crippen molar-refractivity contribution in [2.45, 2.75) is 64.7 Å². The van der Waals surface area contributed by atoms with Gasteiger partial charge in [-0.1, -0.05) is 40.0 Å². The molecule has 0 aromatic carbocycles. The molecule has 3 heterocycles. The monoisotopic (exact) mass is 457 g/mol. The van der Waals surface area contributed by atoms with Gasteiger partial charge in [-0.05, 0) is 38.8 Å². The first-order valence-electron chi connectivity index (χ1n) is 12.9. The van der Waals surface area contributed by atoms with E-state index in [-0.39, 0.29) is 11.0 Å². The van der Waals surface area contributed by atoms with Crippen LogP contribution in [0.1, 0.15) is 65.0 Å². The quantitative estimate of drug-likeness (QED) is 0.689. The minimum absolute atomic E-state index is 0.0896. The van der Waals surface area contributed by atoms with Crippen LogP contribution >= 0.6 is 0 Å². The highest BCUT2D eigenvalue weighted by Gasteiger charge is 2.26. The van der Waals surface area contributed by atoms with E-state index in [1.54, 1.807) is 4.68 Å². The van der Waals surface area contributed by atoms with Crippen molar-refractivity contribution in [3.05, 3.63) is 16.0 Å². The number of H-pyrrole nitrogens is 1. The minimum atomic E-state index is -0.173. The molecule has 0 atom stereocenters. The van der Waals surface area contributed by atoms with Gasteiger partial charge in [-0.3, -0.25) is 14.5 Å². The molecule has 2 aliphatic rings. The molecule has 0 bridgehead atoms. The van der Waals surface area contributed by atoms with E-state index < -0.39 is 0 Å². The van der Waals surface area contributed by atoms with Crippen molar-refractivity contribution in [1.29, 1.82) is 0 Å². The second-order valence-corrected chi connectivity index (χ2v) is 11.3. The number of piperazine rings is 1.